The van der Waals surface area contributed by atoms with Crippen molar-refractivity contribution >= 4 is 22.2 Å². The van der Waals surface area contributed by atoms with Crippen LogP contribution in [0.4, 0.5) is 5.00 Å². The summed E-state index contributed by atoms with van der Waals surface area (Å²) in [5.74, 6) is 0.173. The standard InChI is InChI=1S/C20H25N3OS/c1-13(2)23-17(18(24)21-15-10-6-7-11-15)12-16-20(23)25-19(22-16)14-8-4-3-5-9-14/h3-5,8-9,13,15,17H,6-7,10-12H2,1-2H3,(H,21,24). The summed E-state index contributed by atoms with van der Waals surface area (Å²) in [6.07, 6.45) is 5.43. The fourth-order valence-corrected chi connectivity index (χ4v) is 5.27. The summed E-state index contributed by atoms with van der Waals surface area (Å²) in [5, 5.41) is 5.49. The first-order chi connectivity index (χ1) is 12.1. The molecule has 1 fully saturated rings. The number of anilines is 1. The number of thiazole rings is 1. The van der Waals surface area contributed by atoms with Gasteiger partial charge in [0.05, 0.1) is 5.69 Å². The van der Waals surface area contributed by atoms with Gasteiger partial charge in [0.25, 0.3) is 0 Å². The predicted octanol–water partition coefficient (Wildman–Crippen LogP) is 4.01. The van der Waals surface area contributed by atoms with E-state index in [1.807, 2.05) is 18.2 Å². The van der Waals surface area contributed by atoms with E-state index in [-0.39, 0.29) is 18.0 Å². The van der Waals surface area contributed by atoms with E-state index < -0.39 is 0 Å². The molecule has 1 aromatic heterocycles. The van der Waals surface area contributed by atoms with E-state index >= 15 is 0 Å². The average Bonchev–Trinajstić information content (AvgIpc) is 3.30. The van der Waals surface area contributed by atoms with Gasteiger partial charge in [-0.1, -0.05) is 54.5 Å². The van der Waals surface area contributed by atoms with Crippen LogP contribution in [-0.4, -0.2) is 29.0 Å². The predicted molar refractivity (Wildman–Crippen MR) is 103 cm³/mol. The molecular formula is C20H25N3OS. The molecule has 1 aliphatic heterocycles. The minimum Gasteiger partial charge on any atom is -0.352 e. The summed E-state index contributed by atoms with van der Waals surface area (Å²) < 4.78 is 0. The lowest BCUT2D eigenvalue weighted by atomic mass is 10.1. The molecule has 4 rings (SSSR count). The van der Waals surface area contributed by atoms with Crippen LogP contribution in [-0.2, 0) is 11.2 Å². The Labute approximate surface area is 153 Å². The van der Waals surface area contributed by atoms with Crippen molar-refractivity contribution in [2.75, 3.05) is 4.90 Å². The van der Waals surface area contributed by atoms with Crippen molar-refractivity contribution in [2.45, 2.75) is 64.1 Å². The first-order valence-electron chi connectivity index (χ1n) is 9.27. The van der Waals surface area contributed by atoms with Crippen molar-refractivity contribution in [3.63, 3.8) is 0 Å². The molecule has 0 spiro atoms. The molecule has 0 saturated heterocycles. The number of amides is 1. The molecule has 2 heterocycles. The molecule has 5 heteroatoms. The van der Waals surface area contributed by atoms with Gasteiger partial charge in [-0.2, -0.15) is 0 Å². The normalized spacial score (nSPS) is 20.3. The second-order valence-corrected chi connectivity index (χ2v) is 8.33. The lowest BCUT2D eigenvalue weighted by molar-refractivity contribution is -0.123. The van der Waals surface area contributed by atoms with Gasteiger partial charge in [0.2, 0.25) is 5.91 Å². The highest BCUT2D eigenvalue weighted by Gasteiger charge is 2.39. The van der Waals surface area contributed by atoms with Crippen molar-refractivity contribution < 1.29 is 4.79 Å². The maximum atomic E-state index is 12.9. The molecule has 2 aromatic rings. The molecular weight excluding hydrogens is 330 g/mol. The Hall–Kier alpha value is -1.88. The van der Waals surface area contributed by atoms with Crippen molar-refractivity contribution in [2.24, 2.45) is 0 Å². The fraction of sp³-hybridized carbons (Fsp3) is 0.500. The van der Waals surface area contributed by atoms with Crippen molar-refractivity contribution in [3.05, 3.63) is 36.0 Å². The highest BCUT2D eigenvalue weighted by atomic mass is 32.1. The highest BCUT2D eigenvalue weighted by Crippen LogP contribution is 2.42. The zero-order chi connectivity index (χ0) is 17.4. The quantitative estimate of drug-likeness (QED) is 0.901. The fourth-order valence-electron chi connectivity index (χ4n) is 3.99. The summed E-state index contributed by atoms with van der Waals surface area (Å²) in [6, 6.07) is 10.8. The van der Waals surface area contributed by atoms with E-state index in [0.717, 1.165) is 35.5 Å². The van der Waals surface area contributed by atoms with E-state index in [4.69, 9.17) is 4.98 Å². The molecule has 1 amide bonds. The molecule has 0 radical (unpaired) electrons. The molecule has 1 aromatic carbocycles. The van der Waals surface area contributed by atoms with Crippen LogP contribution in [0.3, 0.4) is 0 Å². The van der Waals surface area contributed by atoms with Gasteiger partial charge in [-0.05, 0) is 26.7 Å². The number of carbonyl (C=O) groups excluding carboxylic acids is 1. The van der Waals surface area contributed by atoms with Crippen LogP contribution in [0.1, 0.15) is 45.2 Å². The van der Waals surface area contributed by atoms with Crippen LogP contribution in [0.2, 0.25) is 0 Å². The van der Waals surface area contributed by atoms with E-state index in [1.165, 1.54) is 17.8 Å². The summed E-state index contributed by atoms with van der Waals surface area (Å²) in [6.45, 7) is 4.32. The van der Waals surface area contributed by atoms with Gasteiger partial charge in [0, 0.05) is 24.1 Å². The molecule has 1 saturated carbocycles. The van der Waals surface area contributed by atoms with E-state index in [0.29, 0.717) is 6.04 Å². The van der Waals surface area contributed by atoms with Gasteiger partial charge in [-0.3, -0.25) is 4.79 Å². The number of hydrogen-bond donors (Lipinski definition) is 1. The number of rotatable bonds is 4. The van der Waals surface area contributed by atoms with Crippen LogP contribution in [0.15, 0.2) is 30.3 Å². The number of fused-ring (bicyclic) bond motifs is 1. The van der Waals surface area contributed by atoms with Crippen LogP contribution >= 0.6 is 11.3 Å². The summed E-state index contributed by atoms with van der Waals surface area (Å²) in [7, 11) is 0. The molecule has 2 aliphatic rings. The zero-order valence-electron chi connectivity index (χ0n) is 14.9. The van der Waals surface area contributed by atoms with Crippen LogP contribution in [0.5, 0.6) is 0 Å². The Balaban J connectivity index is 1.57. The van der Waals surface area contributed by atoms with Gasteiger partial charge in [-0.15, -0.1) is 0 Å². The zero-order valence-corrected chi connectivity index (χ0v) is 15.7. The topological polar surface area (TPSA) is 45.2 Å². The van der Waals surface area contributed by atoms with Crippen molar-refractivity contribution in [1.82, 2.24) is 10.3 Å². The number of carbonyl (C=O) groups is 1. The van der Waals surface area contributed by atoms with Crippen LogP contribution in [0, 0.1) is 0 Å². The first-order valence-corrected chi connectivity index (χ1v) is 10.1. The van der Waals surface area contributed by atoms with E-state index in [1.54, 1.807) is 11.3 Å². The minimum absolute atomic E-state index is 0.112. The first kappa shape index (κ1) is 16.6. The van der Waals surface area contributed by atoms with Crippen molar-refractivity contribution in [3.8, 4) is 10.6 Å². The Bertz CT molecular complexity index is 750. The molecule has 1 atom stereocenters. The van der Waals surface area contributed by atoms with E-state index in [2.05, 4.69) is 36.2 Å². The number of benzene rings is 1. The van der Waals surface area contributed by atoms with Crippen LogP contribution < -0.4 is 10.2 Å². The maximum absolute atomic E-state index is 12.9. The molecule has 1 N–H and O–H groups in total. The van der Waals surface area contributed by atoms with Crippen LogP contribution in [0.25, 0.3) is 10.6 Å². The third-order valence-electron chi connectivity index (χ3n) is 5.21. The second-order valence-electron chi connectivity index (χ2n) is 7.35. The third kappa shape index (κ3) is 3.17. The molecule has 25 heavy (non-hydrogen) atoms. The third-order valence-corrected chi connectivity index (χ3v) is 6.38. The summed E-state index contributed by atoms with van der Waals surface area (Å²) >= 11 is 1.71. The molecule has 4 nitrogen and oxygen atoms in total. The van der Waals surface area contributed by atoms with Gasteiger partial charge < -0.3 is 10.2 Å². The molecule has 0 bridgehead atoms. The van der Waals surface area contributed by atoms with Gasteiger partial charge in [-0.25, -0.2) is 4.98 Å². The lowest BCUT2D eigenvalue weighted by Gasteiger charge is -2.30. The van der Waals surface area contributed by atoms with Gasteiger partial charge in [0.1, 0.15) is 16.1 Å². The molecule has 1 aliphatic carbocycles. The number of nitrogens with one attached hydrogen (secondary N) is 1. The van der Waals surface area contributed by atoms with Gasteiger partial charge in [0.15, 0.2) is 0 Å². The summed E-state index contributed by atoms with van der Waals surface area (Å²) in [4.78, 5) is 20.0. The average molecular weight is 356 g/mol. The number of aromatic nitrogens is 1. The largest absolute Gasteiger partial charge is 0.352 e. The maximum Gasteiger partial charge on any atom is 0.243 e. The second kappa shape index (κ2) is 6.79. The number of hydrogen-bond acceptors (Lipinski definition) is 4. The Morgan fingerprint density at radius 3 is 2.64 bits per heavy atom. The Morgan fingerprint density at radius 2 is 1.96 bits per heavy atom. The Morgan fingerprint density at radius 1 is 1.24 bits per heavy atom. The van der Waals surface area contributed by atoms with Crippen molar-refractivity contribution in [1.29, 1.82) is 0 Å². The monoisotopic (exact) mass is 355 g/mol. The Kier molecular flexibility index (Phi) is 4.50. The smallest absolute Gasteiger partial charge is 0.243 e. The summed E-state index contributed by atoms with van der Waals surface area (Å²) in [5.41, 5.74) is 2.22. The molecule has 132 valence electrons. The lowest BCUT2D eigenvalue weighted by Crippen LogP contribution is -2.50. The SMILES string of the molecule is CC(C)N1c2sc(-c3ccccc3)nc2CC1C(=O)NC1CCCC1. The highest BCUT2D eigenvalue weighted by molar-refractivity contribution is 7.19. The minimum atomic E-state index is -0.112. The van der Waals surface area contributed by atoms with E-state index in [9.17, 15) is 4.79 Å². The van der Waals surface area contributed by atoms with Gasteiger partial charge >= 0.3 is 0 Å². The molecule has 1 unspecified atom stereocenters. The number of nitrogens with zero attached hydrogens (tertiary/aromatic N) is 2.